The summed E-state index contributed by atoms with van der Waals surface area (Å²) in [5, 5.41) is 3.92. The van der Waals surface area contributed by atoms with Crippen LogP contribution in [0.4, 0.5) is 11.5 Å². The molecule has 1 aliphatic heterocycles. The van der Waals surface area contributed by atoms with Crippen molar-refractivity contribution in [3.63, 3.8) is 0 Å². The Balaban J connectivity index is 2.12. The van der Waals surface area contributed by atoms with Crippen molar-refractivity contribution in [2.24, 2.45) is 0 Å². The predicted octanol–water partition coefficient (Wildman–Crippen LogP) is 4.44. The van der Waals surface area contributed by atoms with Crippen LogP contribution in [0.1, 0.15) is 11.1 Å². The van der Waals surface area contributed by atoms with Crippen LogP contribution in [0.15, 0.2) is 28.9 Å². The molecule has 0 spiro atoms. The van der Waals surface area contributed by atoms with E-state index >= 15 is 0 Å². The second kappa shape index (κ2) is 4.44. The Labute approximate surface area is 118 Å². The minimum atomic E-state index is 0.420. The SMILES string of the molecule is Cc1cc2c(cc1Br)Nc1nccc(Cl)c1CO2. The van der Waals surface area contributed by atoms with Gasteiger partial charge >= 0.3 is 0 Å². The van der Waals surface area contributed by atoms with E-state index in [0.717, 1.165) is 32.9 Å². The van der Waals surface area contributed by atoms with E-state index in [-0.39, 0.29) is 0 Å². The number of benzene rings is 1. The summed E-state index contributed by atoms with van der Waals surface area (Å²) in [5.74, 6) is 1.56. The van der Waals surface area contributed by atoms with Gasteiger partial charge in [-0.2, -0.15) is 0 Å². The minimum Gasteiger partial charge on any atom is -0.487 e. The highest BCUT2D eigenvalue weighted by Crippen LogP contribution is 2.38. The van der Waals surface area contributed by atoms with Gasteiger partial charge in [-0.1, -0.05) is 27.5 Å². The van der Waals surface area contributed by atoms with E-state index in [2.05, 4.69) is 26.2 Å². The van der Waals surface area contributed by atoms with Crippen LogP contribution in [0.2, 0.25) is 5.02 Å². The minimum absolute atomic E-state index is 0.420. The zero-order chi connectivity index (χ0) is 12.7. The van der Waals surface area contributed by atoms with Crippen LogP contribution >= 0.6 is 27.5 Å². The van der Waals surface area contributed by atoms with E-state index in [4.69, 9.17) is 16.3 Å². The molecule has 3 rings (SSSR count). The summed E-state index contributed by atoms with van der Waals surface area (Å²) in [6.07, 6.45) is 1.68. The Morgan fingerprint density at radius 1 is 1.44 bits per heavy atom. The third kappa shape index (κ3) is 1.95. The average molecular weight is 326 g/mol. The monoisotopic (exact) mass is 324 g/mol. The Hall–Kier alpha value is -1.26. The first-order valence-electron chi connectivity index (χ1n) is 5.48. The third-order valence-corrected chi connectivity index (χ3v) is 4.09. The number of fused-ring (bicyclic) bond motifs is 2. The molecule has 92 valence electrons. The molecule has 1 N–H and O–H groups in total. The van der Waals surface area contributed by atoms with Gasteiger partial charge in [0.05, 0.1) is 16.3 Å². The average Bonchev–Trinajstić information content (AvgIpc) is 2.50. The van der Waals surface area contributed by atoms with Gasteiger partial charge in [-0.25, -0.2) is 4.98 Å². The van der Waals surface area contributed by atoms with Crippen LogP contribution in [-0.2, 0) is 6.61 Å². The predicted molar refractivity (Wildman–Crippen MR) is 75.7 cm³/mol. The fourth-order valence-electron chi connectivity index (χ4n) is 1.86. The molecule has 18 heavy (non-hydrogen) atoms. The molecule has 0 radical (unpaired) electrons. The van der Waals surface area contributed by atoms with Gasteiger partial charge in [0.2, 0.25) is 0 Å². The zero-order valence-electron chi connectivity index (χ0n) is 9.63. The molecule has 0 saturated heterocycles. The first-order chi connectivity index (χ1) is 8.65. The highest BCUT2D eigenvalue weighted by atomic mass is 79.9. The van der Waals surface area contributed by atoms with Crippen LogP contribution in [0.3, 0.4) is 0 Å². The number of hydrogen-bond acceptors (Lipinski definition) is 3. The fraction of sp³-hybridized carbons (Fsp3) is 0.154. The number of hydrogen-bond donors (Lipinski definition) is 1. The molecule has 0 unspecified atom stereocenters. The van der Waals surface area contributed by atoms with Crippen molar-refractivity contribution >= 4 is 39.0 Å². The lowest BCUT2D eigenvalue weighted by Crippen LogP contribution is -1.97. The van der Waals surface area contributed by atoms with Crippen LogP contribution in [0, 0.1) is 6.92 Å². The number of aryl methyl sites for hydroxylation is 1. The largest absolute Gasteiger partial charge is 0.487 e. The van der Waals surface area contributed by atoms with Gasteiger partial charge in [0.1, 0.15) is 18.2 Å². The number of nitrogens with one attached hydrogen (secondary N) is 1. The maximum absolute atomic E-state index is 6.15. The summed E-state index contributed by atoms with van der Waals surface area (Å²) in [7, 11) is 0. The molecule has 2 aromatic rings. The van der Waals surface area contributed by atoms with Gasteiger partial charge in [0, 0.05) is 10.7 Å². The molecule has 1 aromatic heterocycles. The Morgan fingerprint density at radius 2 is 2.28 bits per heavy atom. The lowest BCUT2D eigenvalue weighted by atomic mass is 10.2. The molecule has 1 aromatic carbocycles. The van der Waals surface area contributed by atoms with Crippen molar-refractivity contribution < 1.29 is 4.74 Å². The molecule has 1 aliphatic rings. The lowest BCUT2D eigenvalue weighted by molar-refractivity contribution is 0.310. The molecule has 0 atom stereocenters. The number of halogens is 2. The van der Waals surface area contributed by atoms with E-state index in [1.165, 1.54) is 0 Å². The van der Waals surface area contributed by atoms with E-state index in [9.17, 15) is 0 Å². The maximum atomic E-state index is 6.15. The van der Waals surface area contributed by atoms with Crippen molar-refractivity contribution in [2.45, 2.75) is 13.5 Å². The van der Waals surface area contributed by atoms with Gasteiger partial charge in [-0.05, 0) is 30.7 Å². The molecule has 0 aliphatic carbocycles. The van der Waals surface area contributed by atoms with Crippen LogP contribution in [0.25, 0.3) is 0 Å². The number of nitrogens with zero attached hydrogens (tertiary/aromatic N) is 1. The fourth-order valence-corrected chi connectivity index (χ4v) is 2.41. The summed E-state index contributed by atoms with van der Waals surface area (Å²) in [6, 6.07) is 5.75. The van der Waals surface area contributed by atoms with Crippen molar-refractivity contribution in [2.75, 3.05) is 5.32 Å². The number of anilines is 2. The summed E-state index contributed by atoms with van der Waals surface area (Å²) in [4.78, 5) is 4.30. The highest BCUT2D eigenvalue weighted by molar-refractivity contribution is 9.10. The molecule has 5 heteroatoms. The third-order valence-electron chi connectivity index (χ3n) is 2.88. The molecular formula is C13H10BrClN2O. The van der Waals surface area contributed by atoms with Crippen LogP contribution < -0.4 is 10.1 Å². The van der Waals surface area contributed by atoms with Gasteiger partial charge in [0.25, 0.3) is 0 Å². The first-order valence-corrected chi connectivity index (χ1v) is 6.65. The van der Waals surface area contributed by atoms with Crippen LogP contribution in [-0.4, -0.2) is 4.98 Å². The van der Waals surface area contributed by atoms with E-state index in [1.54, 1.807) is 12.3 Å². The van der Waals surface area contributed by atoms with Crippen molar-refractivity contribution in [3.05, 3.63) is 45.0 Å². The quantitative estimate of drug-likeness (QED) is 0.777. The van der Waals surface area contributed by atoms with Crippen molar-refractivity contribution in [1.82, 2.24) is 4.98 Å². The van der Waals surface area contributed by atoms with Gasteiger partial charge < -0.3 is 10.1 Å². The normalized spacial score (nSPS) is 12.8. The number of pyridine rings is 1. The van der Waals surface area contributed by atoms with E-state index in [0.29, 0.717) is 11.6 Å². The maximum Gasteiger partial charge on any atom is 0.143 e. The Kier molecular flexibility index (Phi) is 2.92. The summed E-state index contributed by atoms with van der Waals surface area (Å²) in [5.41, 5.74) is 2.89. The number of aromatic nitrogens is 1. The standard InChI is InChI=1S/C13H10BrClN2O/c1-7-4-12-11(5-9(7)14)17-13-8(6-18-12)10(15)2-3-16-13/h2-5H,6H2,1H3,(H,16,17). The molecular weight excluding hydrogens is 316 g/mol. The molecule has 0 amide bonds. The summed E-state index contributed by atoms with van der Waals surface area (Å²) in [6.45, 7) is 2.44. The van der Waals surface area contributed by atoms with E-state index < -0.39 is 0 Å². The smallest absolute Gasteiger partial charge is 0.143 e. The van der Waals surface area contributed by atoms with Gasteiger partial charge in [-0.3, -0.25) is 0 Å². The molecule has 3 nitrogen and oxygen atoms in total. The Bertz CT molecular complexity index is 631. The Morgan fingerprint density at radius 3 is 3.11 bits per heavy atom. The number of ether oxygens (including phenoxy) is 1. The zero-order valence-corrected chi connectivity index (χ0v) is 12.0. The van der Waals surface area contributed by atoms with E-state index in [1.807, 2.05) is 19.1 Å². The lowest BCUT2D eigenvalue weighted by Gasteiger charge is -2.09. The van der Waals surface area contributed by atoms with Crippen LogP contribution in [0.5, 0.6) is 5.75 Å². The first kappa shape index (κ1) is 11.8. The van der Waals surface area contributed by atoms with Gasteiger partial charge in [0.15, 0.2) is 0 Å². The molecule has 0 fully saturated rings. The topological polar surface area (TPSA) is 34.2 Å². The highest BCUT2D eigenvalue weighted by Gasteiger charge is 2.17. The summed E-state index contributed by atoms with van der Waals surface area (Å²) >= 11 is 9.66. The van der Waals surface area contributed by atoms with Crippen molar-refractivity contribution in [3.8, 4) is 5.75 Å². The molecule has 0 bridgehead atoms. The van der Waals surface area contributed by atoms with Crippen molar-refractivity contribution in [1.29, 1.82) is 0 Å². The summed E-state index contributed by atoms with van der Waals surface area (Å²) < 4.78 is 6.81. The molecule has 2 heterocycles. The van der Waals surface area contributed by atoms with Gasteiger partial charge in [-0.15, -0.1) is 0 Å². The second-order valence-corrected chi connectivity index (χ2v) is 5.39. The second-order valence-electron chi connectivity index (χ2n) is 4.13. The number of rotatable bonds is 0. The molecule has 0 saturated carbocycles.